The number of urea groups is 1. The number of hydrogen-bond acceptors (Lipinski definition) is 2. The maximum Gasteiger partial charge on any atom is 0.326 e. The smallest absolute Gasteiger partial charge is 0.326 e. The molecule has 0 spiro atoms. The first-order chi connectivity index (χ1) is 9.61. The zero-order valence-corrected chi connectivity index (χ0v) is 12.0. The zero-order valence-electron chi connectivity index (χ0n) is 12.0. The van der Waals surface area contributed by atoms with Crippen LogP contribution in [0, 0.1) is 17.0 Å². The van der Waals surface area contributed by atoms with E-state index in [0.29, 0.717) is 0 Å². The number of hydrogen-bond donors (Lipinski definition) is 3. The number of rotatable bonds is 4. The van der Waals surface area contributed by atoms with E-state index < -0.39 is 35.1 Å². The lowest BCUT2D eigenvalue weighted by atomic mass is 9.87. The molecular weight excluding hydrogens is 282 g/mol. The van der Waals surface area contributed by atoms with Crippen molar-refractivity contribution in [2.45, 2.75) is 33.4 Å². The van der Waals surface area contributed by atoms with Gasteiger partial charge < -0.3 is 15.7 Å². The van der Waals surface area contributed by atoms with Gasteiger partial charge in [0.2, 0.25) is 0 Å². The first kappa shape index (κ1) is 16.9. The molecule has 1 atom stereocenters. The van der Waals surface area contributed by atoms with Crippen molar-refractivity contribution >= 4 is 12.0 Å². The molecule has 21 heavy (non-hydrogen) atoms. The number of aliphatic carboxylic acids is 1. The summed E-state index contributed by atoms with van der Waals surface area (Å²) in [4.78, 5) is 22.8. The fraction of sp³-hybridized carbons (Fsp3) is 0.429. The molecule has 0 aliphatic carbocycles. The maximum absolute atomic E-state index is 13.4. The summed E-state index contributed by atoms with van der Waals surface area (Å²) in [7, 11) is 0. The number of nitrogens with one attached hydrogen (secondary N) is 2. The topological polar surface area (TPSA) is 78.4 Å². The summed E-state index contributed by atoms with van der Waals surface area (Å²) in [6.07, 6.45) is 0. The van der Waals surface area contributed by atoms with Crippen LogP contribution in [0.25, 0.3) is 0 Å². The molecule has 116 valence electrons. The van der Waals surface area contributed by atoms with Gasteiger partial charge in [-0.25, -0.2) is 18.4 Å². The highest BCUT2D eigenvalue weighted by molar-refractivity contribution is 5.83. The quantitative estimate of drug-likeness (QED) is 0.798. The van der Waals surface area contributed by atoms with E-state index in [9.17, 15) is 18.4 Å². The van der Waals surface area contributed by atoms with Gasteiger partial charge in [0, 0.05) is 12.1 Å². The summed E-state index contributed by atoms with van der Waals surface area (Å²) in [6, 6.07) is 1.03. The van der Waals surface area contributed by atoms with Crippen LogP contribution in [0.2, 0.25) is 0 Å². The molecule has 0 aliphatic heterocycles. The summed E-state index contributed by atoms with van der Waals surface area (Å²) in [6.45, 7) is 4.75. The van der Waals surface area contributed by atoms with Crippen LogP contribution in [0.4, 0.5) is 13.6 Å². The van der Waals surface area contributed by atoms with Gasteiger partial charge in [-0.05, 0) is 23.6 Å². The second-order valence-corrected chi connectivity index (χ2v) is 5.70. The third-order valence-corrected chi connectivity index (χ3v) is 2.84. The van der Waals surface area contributed by atoms with Crippen LogP contribution in [-0.4, -0.2) is 23.1 Å². The third kappa shape index (κ3) is 5.02. The Morgan fingerprint density at radius 1 is 1.29 bits per heavy atom. The number of halogens is 2. The summed E-state index contributed by atoms with van der Waals surface area (Å²) in [5, 5.41) is 13.7. The summed E-state index contributed by atoms with van der Waals surface area (Å²) >= 11 is 0. The van der Waals surface area contributed by atoms with E-state index in [1.165, 1.54) is 0 Å². The largest absolute Gasteiger partial charge is 0.480 e. The molecule has 1 aromatic rings. The Hall–Kier alpha value is -2.18. The van der Waals surface area contributed by atoms with Gasteiger partial charge in [0.05, 0.1) is 0 Å². The predicted octanol–water partition coefficient (Wildman–Crippen LogP) is 2.26. The third-order valence-electron chi connectivity index (χ3n) is 2.84. The minimum absolute atomic E-state index is 0.0206. The average Bonchev–Trinajstić information content (AvgIpc) is 2.35. The van der Waals surface area contributed by atoms with E-state index in [1.807, 2.05) is 0 Å². The Bertz CT molecular complexity index is 542. The van der Waals surface area contributed by atoms with E-state index in [-0.39, 0.29) is 12.1 Å². The minimum Gasteiger partial charge on any atom is -0.480 e. The van der Waals surface area contributed by atoms with Crippen molar-refractivity contribution < 1.29 is 23.5 Å². The van der Waals surface area contributed by atoms with E-state index in [4.69, 9.17) is 5.11 Å². The molecule has 7 heteroatoms. The highest BCUT2D eigenvalue weighted by Gasteiger charge is 2.32. The van der Waals surface area contributed by atoms with Crippen LogP contribution in [-0.2, 0) is 11.3 Å². The van der Waals surface area contributed by atoms with Crippen LogP contribution >= 0.6 is 0 Å². The van der Waals surface area contributed by atoms with E-state index in [2.05, 4.69) is 10.6 Å². The second-order valence-electron chi connectivity index (χ2n) is 5.70. The number of carboxylic acid groups (broad SMARTS) is 1. The van der Waals surface area contributed by atoms with E-state index in [1.54, 1.807) is 20.8 Å². The normalized spacial score (nSPS) is 12.6. The molecule has 0 bridgehead atoms. The summed E-state index contributed by atoms with van der Waals surface area (Å²) in [5.74, 6) is -2.44. The Labute approximate surface area is 121 Å². The molecule has 0 heterocycles. The van der Waals surface area contributed by atoms with Gasteiger partial charge in [-0.15, -0.1) is 0 Å². The number of amides is 2. The lowest BCUT2D eigenvalue weighted by Crippen LogP contribution is -2.52. The van der Waals surface area contributed by atoms with Crippen molar-refractivity contribution in [3.63, 3.8) is 0 Å². The Morgan fingerprint density at radius 2 is 1.90 bits per heavy atom. The first-order valence-electron chi connectivity index (χ1n) is 6.32. The van der Waals surface area contributed by atoms with E-state index in [0.717, 1.165) is 18.2 Å². The lowest BCUT2D eigenvalue weighted by molar-refractivity contribution is -0.141. The predicted molar refractivity (Wildman–Crippen MR) is 72.6 cm³/mol. The van der Waals surface area contributed by atoms with Gasteiger partial charge in [0.15, 0.2) is 0 Å². The van der Waals surface area contributed by atoms with Gasteiger partial charge in [-0.1, -0.05) is 20.8 Å². The van der Waals surface area contributed by atoms with Crippen molar-refractivity contribution in [1.29, 1.82) is 0 Å². The molecule has 1 aromatic carbocycles. The molecule has 0 saturated heterocycles. The molecular formula is C14H18F2N2O3. The Balaban J connectivity index is 2.65. The van der Waals surface area contributed by atoms with Crippen molar-refractivity contribution in [3.8, 4) is 0 Å². The SMILES string of the molecule is CC(C)(C)[C@@H](NC(=O)NCc1cc(F)ccc1F)C(=O)O. The second kappa shape index (κ2) is 6.51. The van der Waals surface area contributed by atoms with Gasteiger partial charge in [0.1, 0.15) is 17.7 Å². The van der Waals surface area contributed by atoms with Crippen molar-refractivity contribution in [2.75, 3.05) is 0 Å². The molecule has 1 rings (SSSR count). The molecule has 0 unspecified atom stereocenters. The van der Waals surface area contributed by atoms with Crippen LogP contribution in [0.15, 0.2) is 18.2 Å². The molecule has 0 radical (unpaired) electrons. The maximum atomic E-state index is 13.4. The van der Waals surface area contributed by atoms with Crippen LogP contribution < -0.4 is 10.6 Å². The van der Waals surface area contributed by atoms with E-state index >= 15 is 0 Å². The molecule has 2 amide bonds. The first-order valence-corrected chi connectivity index (χ1v) is 6.32. The number of benzene rings is 1. The van der Waals surface area contributed by atoms with Gasteiger partial charge in [-0.3, -0.25) is 0 Å². The lowest BCUT2D eigenvalue weighted by Gasteiger charge is -2.27. The summed E-state index contributed by atoms with van der Waals surface area (Å²) in [5.41, 5.74) is -0.708. The average molecular weight is 300 g/mol. The van der Waals surface area contributed by atoms with Gasteiger partial charge in [0.25, 0.3) is 0 Å². The van der Waals surface area contributed by atoms with Crippen molar-refractivity contribution in [3.05, 3.63) is 35.4 Å². The Morgan fingerprint density at radius 3 is 2.43 bits per heavy atom. The highest BCUT2D eigenvalue weighted by atomic mass is 19.1. The monoisotopic (exact) mass is 300 g/mol. The van der Waals surface area contributed by atoms with Crippen LogP contribution in [0.5, 0.6) is 0 Å². The fourth-order valence-electron chi connectivity index (χ4n) is 1.69. The zero-order chi connectivity index (χ0) is 16.2. The van der Waals surface area contributed by atoms with Gasteiger partial charge >= 0.3 is 12.0 Å². The number of carboxylic acids is 1. The van der Waals surface area contributed by atoms with Crippen molar-refractivity contribution in [1.82, 2.24) is 10.6 Å². The highest BCUT2D eigenvalue weighted by Crippen LogP contribution is 2.19. The molecule has 0 aliphatic rings. The molecule has 0 fully saturated rings. The van der Waals surface area contributed by atoms with Crippen LogP contribution in [0.3, 0.4) is 0 Å². The fourth-order valence-corrected chi connectivity index (χ4v) is 1.69. The van der Waals surface area contributed by atoms with Gasteiger partial charge in [-0.2, -0.15) is 0 Å². The van der Waals surface area contributed by atoms with Crippen LogP contribution in [0.1, 0.15) is 26.3 Å². The molecule has 3 N–H and O–H groups in total. The standard InChI is InChI=1S/C14H18F2N2O3/c1-14(2,3)11(12(19)20)18-13(21)17-7-8-6-9(15)4-5-10(8)16/h4-6,11H,7H2,1-3H3,(H,19,20)(H2,17,18,21)/t11-/m0/s1. The number of carbonyl (C=O) groups excluding carboxylic acids is 1. The minimum atomic E-state index is -1.17. The molecule has 0 saturated carbocycles. The summed E-state index contributed by atoms with van der Waals surface area (Å²) < 4.78 is 26.3. The molecule has 0 aromatic heterocycles. The van der Waals surface area contributed by atoms with Crippen molar-refractivity contribution in [2.24, 2.45) is 5.41 Å². The molecule has 5 nitrogen and oxygen atoms in total. The Kier molecular flexibility index (Phi) is 5.23. The number of carbonyl (C=O) groups is 2.